The van der Waals surface area contributed by atoms with Crippen LogP contribution in [0.3, 0.4) is 0 Å². The Morgan fingerprint density at radius 2 is 2.12 bits per heavy atom. The number of hydrogen-bond donors (Lipinski definition) is 2. The number of ether oxygens (including phenoxy) is 1. The smallest absolute Gasteiger partial charge is 0.333 e. The van der Waals surface area contributed by atoms with Crippen molar-refractivity contribution < 1.29 is 14.3 Å². The first-order valence-corrected chi connectivity index (χ1v) is 5.94. The Balaban J connectivity index is 2.17. The van der Waals surface area contributed by atoms with Gasteiger partial charge in [0.05, 0.1) is 13.7 Å². The fourth-order valence-corrected chi connectivity index (χ4v) is 1.39. The summed E-state index contributed by atoms with van der Waals surface area (Å²) in [5, 5.41) is 5.84. The van der Waals surface area contributed by atoms with Crippen LogP contribution in [0.5, 0.6) is 0 Å². The van der Waals surface area contributed by atoms with E-state index in [2.05, 4.69) is 15.4 Å². The molecule has 1 rings (SSSR count). The third kappa shape index (κ3) is 5.49. The molecule has 1 amide bonds. The number of amides is 1. The van der Waals surface area contributed by atoms with Gasteiger partial charge in [-0.1, -0.05) is 13.0 Å². The first-order valence-electron chi connectivity index (χ1n) is 5.94. The maximum Gasteiger partial charge on any atom is 0.333 e. The van der Waals surface area contributed by atoms with E-state index >= 15 is 0 Å². The molecular formula is C12H20N2O3. The minimum atomic E-state index is -0.309. The molecule has 0 aromatic heterocycles. The molecule has 0 spiro atoms. The van der Waals surface area contributed by atoms with Crippen LogP contribution in [0.1, 0.15) is 26.2 Å². The number of hydrogen-bond acceptors (Lipinski definition) is 4. The lowest BCUT2D eigenvalue weighted by Crippen LogP contribution is -2.35. The van der Waals surface area contributed by atoms with Crippen molar-refractivity contribution >= 4 is 11.9 Å². The average molecular weight is 240 g/mol. The summed E-state index contributed by atoms with van der Waals surface area (Å²) in [6.07, 6.45) is 4.57. The SMILES string of the molecule is CCC(=CCNCC(=O)NC1CC1)C(=O)OC. The highest BCUT2D eigenvalue weighted by Gasteiger charge is 2.22. The largest absolute Gasteiger partial charge is 0.466 e. The van der Waals surface area contributed by atoms with Gasteiger partial charge >= 0.3 is 5.97 Å². The summed E-state index contributed by atoms with van der Waals surface area (Å²) in [5.41, 5.74) is 0.627. The Bertz CT molecular complexity index is 309. The molecule has 5 heteroatoms. The van der Waals surface area contributed by atoms with Crippen LogP contribution in [0.25, 0.3) is 0 Å². The molecule has 0 aromatic rings. The molecule has 0 aromatic carbocycles. The summed E-state index contributed by atoms with van der Waals surface area (Å²) >= 11 is 0. The maximum absolute atomic E-state index is 11.3. The number of carbonyl (C=O) groups excluding carboxylic acids is 2. The van der Waals surface area contributed by atoms with E-state index in [9.17, 15) is 9.59 Å². The Labute approximate surface area is 102 Å². The van der Waals surface area contributed by atoms with Gasteiger partial charge in [-0.05, 0) is 19.3 Å². The second-order valence-corrected chi connectivity index (χ2v) is 4.05. The van der Waals surface area contributed by atoms with E-state index in [4.69, 9.17) is 0 Å². The van der Waals surface area contributed by atoms with Crippen LogP contribution in [0.15, 0.2) is 11.6 Å². The highest BCUT2D eigenvalue weighted by atomic mass is 16.5. The van der Waals surface area contributed by atoms with Crippen molar-refractivity contribution in [2.75, 3.05) is 20.2 Å². The van der Waals surface area contributed by atoms with Gasteiger partial charge in [-0.3, -0.25) is 4.79 Å². The van der Waals surface area contributed by atoms with Gasteiger partial charge in [-0.25, -0.2) is 4.79 Å². The standard InChI is InChI=1S/C12H20N2O3/c1-3-9(12(16)17-2)6-7-13-8-11(15)14-10-4-5-10/h6,10,13H,3-5,7-8H2,1-2H3,(H,14,15). The van der Waals surface area contributed by atoms with E-state index in [-0.39, 0.29) is 18.4 Å². The lowest BCUT2D eigenvalue weighted by molar-refractivity contribution is -0.136. The summed E-state index contributed by atoms with van der Waals surface area (Å²) < 4.78 is 4.63. The Kier molecular flexibility index (Phi) is 5.69. The van der Waals surface area contributed by atoms with Gasteiger partial charge in [0, 0.05) is 18.2 Å². The second kappa shape index (κ2) is 7.06. The van der Waals surface area contributed by atoms with Crippen molar-refractivity contribution in [3.05, 3.63) is 11.6 Å². The van der Waals surface area contributed by atoms with E-state index < -0.39 is 0 Å². The van der Waals surface area contributed by atoms with E-state index in [1.807, 2.05) is 6.92 Å². The zero-order chi connectivity index (χ0) is 12.7. The van der Waals surface area contributed by atoms with Crippen LogP contribution in [0.2, 0.25) is 0 Å². The monoisotopic (exact) mass is 240 g/mol. The van der Waals surface area contributed by atoms with Crippen molar-refractivity contribution in [3.63, 3.8) is 0 Å². The van der Waals surface area contributed by atoms with Crippen molar-refractivity contribution in [1.82, 2.24) is 10.6 Å². The third-order valence-corrected chi connectivity index (χ3v) is 2.55. The molecule has 1 aliphatic rings. The van der Waals surface area contributed by atoms with Gasteiger partial charge in [-0.15, -0.1) is 0 Å². The van der Waals surface area contributed by atoms with Gasteiger partial charge in [-0.2, -0.15) is 0 Å². The Morgan fingerprint density at radius 3 is 2.65 bits per heavy atom. The predicted octanol–water partition coefficient (Wildman–Crippen LogP) is 0.364. The molecule has 0 radical (unpaired) electrons. The first kappa shape index (κ1) is 13.7. The predicted molar refractivity (Wildman–Crippen MR) is 64.4 cm³/mol. The van der Waals surface area contributed by atoms with Gasteiger partial charge in [0.2, 0.25) is 5.91 Å². The summed E-state index contributed by atoms with van der Waals surface area (Å²) in [6, 6.07) is 0.390. The van der Waals surface area contributed by atoms with E-state index in [0.717, 1.165) is 12.8 Å². The van der Waals surface area contributed by atoms with Gasteiger partial charge in [0.1, 0.15) is 0 Å². The van der Waals surface area contributed by atoms with Gasteiger partial charge in [0.15, 0.2) is 0 Å². The minimum absolute atomic E-state index is 0.0111. The first-order chi connectivity index (χ1) is 8.17. The molecule has 0 aliphatic heterocycles. The fraction of sp³-hybridized carbons (Fsp3) is 0.667. The molecule has 17 heavy (non-hydrogen) atoms. The number of rotatable bonds is 7. The number of esters is 1. The number of methoxy groups -OCH3 is 1. The molecule has 1 saturated carbocycles. The van der Waals surface area contributed by atoms with Gasteiger partial charge < -0.3 is 15.4 Å². The molecule has 1 aliphatic carbocycles. The topological polar surface area (TPSA) is 67.4 Å². The van der Waals surface area contributed by atoms with Crippen molar-refractivity contribution in [3.8, 4) is 0 Å². The molecule has 2 N–H and O–H groups in total. The highest BCUT2D eigenvalue weighted by molar-refractivity contribution is 5.88. The van der Waals surface area contributed by atoms with E-state index in [0.29, 0.717) is 24.6 Å². The average Bonchev–Trinajstić information content (AvgIpc) is 3.12. The third-order valence-electron chi connectivity index (χ3n) is 2.55. The summed E-state index contributed by atoms with van der Waals surface area (Å²) in [7, 11) is 1.36. The lowest BCUT2D eigenvalue weighted by Gasteiger charge is -2.05. The molecule has 0 heterocycles. The highest BCUT2D eigenvalue weighted by Crippen LogP contribution is 2.18. The van der Waals surface area contributed by atoms with Crippen LogP contribution in [-0.2, 0) is 14.3 Å². The summed E-state index contributed by atoms with van der Waals surface area (Å²) in [4.78, 5) is 22.5. The second-order valence-electron chi connectivity index (χ2n) is 4.05. The summed E-state index contributed by atoms with van der Waals surface area (Å²) in [6.45, 7) is 2.67. The normalized spacial score (nSPS) is 15.5. The Morgan fingerprint density at radius 1 is 1.41 bits per heavy atom. The zero-order valence-corrected chi connectivity index (χ0v) is 10.4. The Hall–Kier alpha value is -1.36. The van der Waals surface area contributed by atoms with Crippen LogP contribution >= 0.6 is 0 Å². The van der Waals surface area contributed by atoms with Crippen LogP contribution < -0.4 is 10.6 Å². The molecule has 0 atom stereocenters. The van der Waals surface area contributed by atoms with Crippen molar-refractivity contribution in [2.24, 2.45) is 0 Å². The number of nitrogens with one attached hydrogen (secondary N) is 2. The molecule has 1 fully saturated rings. The zero-order valence-electron chi connectivity index (χ0n) is 10.4. The quantitative estimate of drug-likeness (QED) is 0.383. The van der Waals surface area contributed by atoms with Crippen molar-refractivity contribution in [1.29, 1.82) is 0 Å². The molecular weight excluding hydrogens is 220 g/mol. The minimum Gasteiger partial charge on any atom is -0.466 e. The fourth-order valence-electron chi connectivity index (χ4n) is 1.39. The van der Waals surface area contributed by atoms with Crippen LogP contribution in [0.4, 0.5) is 0 Å². The van der Waals surface area contributed by atoms with Crippen LogP contribution in [-0.4, -0.2) is 38.1 Å². The summed E-state index contributed by atoms with van der Waals surface area (Å²) in [5.74, 6) is -0.297. The molecule has 5 nitrogen and oxygen atoms in total. The molecule has 96 valence electrons. The van der Waals surface area contributed by atoms with Crippen LogP contribution in [0, 0.1) is 0 Å². The van der Waals surface area contributed by atoms with Crippen molar-refractivity contribution in [2.45, 2.75) is 32.2 Å². The number of carbonyl (C=O) groups is 2. The lowest BCUT2D eigenvalue weighted by atomic mass is 10.2. The van der Waals surface area contributed by atoms with Gasteiger partial charge in [0.25, 0.3) is 0 Å². The van der Waals surface area contributed by atoms with E-state index in [1.54, 1.807) is 6.08 Å². The van der Waals surface area contributed by atoms with E-state index in [1.165, 1.54) is 7.11 Å². The molecule has 0 bridgehead atoms. The molecule has 0 saturated heterocycles. The maximum atomic E-state index is 11.3. The molecule has 0 unspecified atom stereocenters.